The highest BCUT2D eigenvalue weighted by Crippen LogP contribution is 2.19. The molecule has 0 unspecified atom stereocenters. The molecule has 0 aliphatic carbocycles. The fraction of sp³-hybridized carbons (Fsp3) is 0.474. The van der Waals surface area contributed by atoms with Gasteiger partial charge in [-0.15, -0.1) is 0 Å². The first-order valence-corrected chi connectivity index (χ1v) is 9.34. The van der Waals surface area contributed by atoms with Crippen LogP contribution in [0.15, 0.2) is 29.1 Å². The van der Waals surface area contributed by atoms with Gasteiger partial charge in [0.2, 0.25) is 5.91 Å². The SMILES string of the molecule is CC(C)NC(=O)CN1CCN(Cc2cc(=O)c3cccc(Cl)c3[nH]2)CC1. The maximum atomic E-state index is 12.3. The Labute approximate surface area is 158 Å². The van der Waals surface area contributed by atoms with E-state index in [1.165, 1.54) is 0 Å². The molecular formula is C19H25ClN4O2. The van der Waals surface area contributed by atoms with E-state index in [1.807, 2.05) is 13.8 Å². The fourth-order valence-corrected chi connectivity index (χ4v) is 3.51. The molecule has 1 aliphatic rings. The van der Waals surface area contributed by atoms with Gasteiger partial charge in [-0.2, -0.15) is 0 Å². The predicted octanol–water partition coefficient (Wildman–Crippen LogP) is 1.82. The van der Waals surface area contributed by atoms with Crippen molar-refractivity contribution in [2.45, 2.75) is 26.4 Å². The summed E-state index contributed by atoms with van der Waals surface area (Å²) in [6.07, 6.45) is 0. The number of amides is 1. The lowest BCUT2D eigenvalue weighted by Gasteiger charge is -2.34. The molecule has 6 nitrogen and oxygen atoms in total. The summed E-state index contributed by atoms with van der Waals surface area (Å²) in [4.78, 5) is 31.9. The van der Waals surface area contributed by atoms with E-state index in [2.05, 4.69) is 20.1 Å². The normalized spacial score (nSPS) is 16.3. The molecule has 0 atom stereocenters. The van der Waals surface area contributed by atoms with Gasteiger partial charge in [-0.1, -0.05) is 17.7 Å². The minimum absolute atomic E-state index is 0.0137. The molecule has 7 heteroatoms. The van der Waals surface area contributed by atoms with Gasteiger partial charge in [0.1, 0.15) is 0 Å². The molecule has 1 aliphatic heterocycles. The Hall–Kier alpha value is -1.89. The quantitative estimate of drug-likeness (QED) is 0.835. The van der Waals surface area contributed by atoms with Crippen LogP contribution in [0.1, 0.15) is 19.5 Å². The third-order valence-corrected chi connectivity index (χ3v) is 4.86. The third-order valence-electron chi connectivity index (χ3n) is 4.55. The number of fused-ring (bicyclic) bond motifs is 1. The summed E-state index contributed by atoms with van der Waals surface area (Å²) in [5.74, 6) is 0.0713. The van der Waals surface area contributed by atoms with Crippen molar-refractivity contribution in [3.05, 3.63) is 45.2 Å². The van der Waals surface area contributed by atoms with Crippen molar-refractivity contribution >= 4 is 28.4 Å². The summed E-state index contributed by atoms with van der Waals surface area (Å²) < 4.78 is 0. The summed E-state index contributed by atoms with van der Waals surface area (Å²) >= 11 is 6.22. The summed E-state index contributed by atoms with van der Waals surface area (Å²) in [6.45, 7) is 8.43. The van der Waals surface area contributed by atoms with Crippen LogP contribution >= 0.6 is 11.6 Å². The van der Waals surface area contributed by atoms with Gasteiger partial charge in [0.25, 0.3) is 0 Å². The Morgan fingerprint density at radius 1 is 1.23 bits per heavy atom. The number of hydrogen-bond donors (Lipinski definition) is 2. The van der Waals surface area contributed by atoms with Gasteiger partial charge in [-0.05, 0) is 26.0 Å². The maximum Gasteiger partial charge on any atom is 0.234 e. The lowest BCUT2D eigenvalue weighted by Crippen LogP contribution is -2.49. The second-order valence-electron chi connectivity index (χ2n) is 7.10. The average molecular weight is 377 g/mol. The molecule has 1 fully saturated rings. The number of benzene rings is 1. The zero-order valence-electron chi connectivity index (χ0n) is 15.2. The molecular weight excluding hydrogens is 352 g/mol. The van der Waals surface area contributed by atoms with Crippen molar-refractivity contribution < 1.29 is 4.79 Å². The first-order valence-electron chi connectivity index (χ1n) is 8.97. The average Bonchev–Trinajstić information content (AvgIpc) is 2.57. The van der Waals surface area contributed by atoms with E-state index < -0.39 is 0 Å². The summed E-state index contributed by atoms with van der Waals surface area (Å²) in [5.41, 5.74) is 1.54. The van der Waals surface area contributed by atoms with Gasteiger partial charge in [-0.3, -0.25) is 19.4 Å². The Morgan fingerprint density at radius 3 is 2.62 bits per heavy atom. The van der Waals surface area contributed by atoms with Gasteiger partial charge < -0.3 is 10.3 Å². The van der Waals surface area contributed by atoms with Gasteiger partial charge in [0.15, 0.2) is 5.43 Å². The standard InChI is InChI=1S/C19H25ClN4O2/c1-13(2)21-18(26)12-24-8-6-23(7-9-24)11-14-10-17(25)15-4-3-5-16(20)19(15)22-14/h3-5,10,13H,6-9,11-12H2,1-2H3,(H,21,26)(H,22,25). The first kappa shape index (κ1) is 18.9. The molecule has 1 aromatic carbocycles. The summed E-state index contributed by atoms with van der Waals surface area (Å²) in [7, 11) is 0. The number of rotatable bonds is 5. The number of carbonyl (C=O) groups is 1. The lowest BCUT2D eigenvalue weighted by molar-refractivity contribution is -0.123. The first-order chi connectivity index (χ1) is 12.4. The highest BCUT2D eigenvalue weighted by molar-refractivity contribution is 6.35. The molecule has 1 amide bonds. The molecule has 0 radical (unpaired) electrons. The Bertz CT molecular complexity index is 841. The largest absolute Gasteiger partial charge is 0.356 e. The number of nitrogens with one attached hydrogen (secondary N) is 2. The van der Waals surface area contributed by atoms with E-state index in [1.54, 1.807) is 24.3 Å². The van der Waals surface area contributed by atoms with Crippen LogP contribution in [0.3, 0.4) is 0 Å². The Morgan fingerprint density at radius 2 is 1.92 bits per heavy atom. The maximum absolute atomic E-state index is 12.3. The second-order valence-corrected chi connectivity index (χ2v) is 7.50. The van der Waals surface area contributed by atoms with Crippen LogP contribution in [0.5, 0.6) is 0 Å². The van der Waals surface area contributed by atoms with E-state index in [0.717, 1.165) is 31.9 Å². The number of halogens is 1. The molecule has 3 rings (SSSR count). The van der Waals surface area contributed by atoms with Crippen molar-refractivity contribution in [2.24, 2.45) is 0 Å². The summed E-state index contributed by atoms with van der Waals surface area (Å²) in [6, 6.07) is 7.17. The van der Waals surface area contributed by atoms with Crippen LogP contribution < -0.4 is 10.7 Å². The highest BCUT2D eigenvalue weighted by Gasteiger charge is 2.19. The monoisotopic (exact) mass is 376 g/mol. The van der Waals surface area contributed by atoms with Gasteiger partial charge in [-0.25, -0.2) is 0 Å². The second kappa shape index (κ2) is 8.20. The van der Waals surface area contributed by atoms with Crippen LogP contribution in [0, 0.1) is 0 Å². The molecule has 2 heterocycles. The van der Waals surface area contributed by atoms with Gasteiger partial charge in [0, 0.05) is 55.9 Å². The number of para-hydroxylation sites is 1. The Balaban J connectivity index is 1.60. The van der Waals surface area contributed by atoms with Crippen LogP contribution in [-0.4, -0.2) is 59.5 Å². The molecule has 2 N–H and O–H groups in total. The molecule has 1 aromatic heterocycles. The van der Waals surface area contributed by atoms with Crippen molar-refractivity contribution in [2.75, 3.05) is 32.7 Å². The van der Waals surface area contributed by atoms with Crippen molar-refractivity contribution in [1.82, 2.24) is 20.1 Å². The van der Waals surface area contributed by atoms with E-state index in [9.17, 15) is 9.59 Å². The van der Waals surface area contributed by atoms with Crippen LogP contribution in [0.2, 0.25) is 5.02 Å². The van der Waals surface area contributed by atoms with Gasteiger partial charge >= 0.3 is 0 Å². The van der Waals surface area contributed by atoms with E-state index >= 15 is 0 Å². The van der Waals surface area contributed by atoms with Crippen molar-refractivity contribution in [3.8, 4) is 0 Å². The molecule has 140 valence electrons. The number of carbonyl (C=O) groups excluding carboxylic acids is 1. The number of piperazine rings is 1. The molecule has 0 saturated carbocycles. The van der Waals surface area contributed by atoms with Crippen LogP contribution in [0.25, 0.3) is 10.9 Å². The smallest absolute Gasteiger partial charge is 0.234 e. The molecule has 1 saturated heterocycles. The molecule has 0 bridgehead atoms. The van der Waals surface area contributed by atoms with E-state index in [-0.39, 0.29) is 17.4 Å². The minimum atomic E-state index is -0.0137. The zero-order chi connectivity index (χ0) is 18.7. The van der Waals surface area contributed by atoms with Gasteiger partial charge in [0.05, 0.1) is 17.1 Å². The fourth-order valence-electron chi connectivity index (χ4n) is 3.29. The zero-order valence-corrected chi connectivity index (χ0v) is 16.0. The molecule has 26 heavy (non-hydrogen) atoms. The highest BCUT2D eigenvalue weighted by atomic mass is 35.5. The topological polar surface area (TPSA) is 68.4 Å². The number of pyridine rings is 1. The third kappa shape index (κ3) is 4.63. The van der Waals surface area contributed by atoms with E-state index in [4.69, 9.17) is 11.6 Å². The predicted molar refractivity (Wildman–Crippen MR) is 105 cm³/mol. The number of aromatic nitrogens is 1. The molecule has 0 spiro atoms. The Kier molecular flexibility index (Phi) is 5.96. The lowest BCUT2D eigenvalue weighted by atomic mass is 10.2. The van der Waals surface area contributed by atoms with Crippen molar-refractivity contribution in [1.29, 1.82) is 0 Å². The van der Waals surface area contributed by atoms with Crippen LogP contribution in [0.4, 0.5) is 0 Å². The van der Waals surface area contributed by atoms with Crippen molar-refractivity contribution in [3.63, 3.8) is 0 Å². The summed E-state index contributed by atoms with van der Waals surface area (Å²) in [5, 5.41) is 4.09. The number of nitrogens with zero attached hydrogens (tertiary/aromatic N) is 2. The number of aromatic amines is 1. The molecule has 2 aromatic rings. The number of H-pyrrole nitrogens is 1. The van der Waals surface area contributed by atoms with Crippen LogP contribution in [-0.2, 0) is 11.3 Å². The minimum Gasteiger partial charge on any atom is -0.356 e. The van der Waals surface area contributed by atoms with E-state index in [0.29, 0.717) is 29.0 Å². The number of hydrogen-bond acceptors (Lipinski definition) is 4.